The highest BCUT2D eigenvalue weighted by Gasteiger charge is 2.23. The van der Waals surface area contributed by atoms with Crippen LogP contribution in [0.2, 0.25) is 0 Å². The molecule has 0 bridgehead atoms. The van der Waals surface area contributed by atoms with Crippen LogP contribution in [0.5, 0.6) is 0 Å². The molecule has 0 saturated carbocycles. The summed E-state index contributed by atoms with van der Waals surface area (Å²) < 4.78 is 0. The first kappa shape index (κ1) is 16.9. The highest BCUT2D eigenvalue weighted by atomic mass is 32.1. The van der Waals surface area contributed by atoms with E-state index in [1.54, 1.807) is 6.07 Å². The predicted molar refractivity (Wildman–Crippen MR) is 90.3 cm³/mol. The molecule has 4 nitrogen and oxygen atoms in total. The summed E-state index contributed by atoms with van der Waals surface area (Å²) in [5, 5.41) is 0. The van der Waals surface area contributed by atoms with E-state index < -0.39 is 0 Å². The molecule has 0 unspecified atom stereocenters. The number of nitrogens with zero attached hydrogens (tertiary/aromatic N) is 2. The smallest absolute Gasteiger partial charge is 0.255 e. The number of carbonyl (C=O) groups excluding carboxylic acids is 2. The van der Waals surface area contributed by atoms with Crippen molar-refractivity contribution < 1.29 is 9.59 Å². The fourth-order valence-electron chi connectivity index (χ4n) is 2.68. The molecule has 2 amide bonds. The van der Waals surface area contributed by atoms with Gasteiger partial charge in [0.1, 0.15) is 0 Å². The molecule has 1 aliphatic rings. The summed E-state index contributed by atoms with van der Waals surface area (Å²) in [7, 11) is 0. The van der Waals surface area contributed by atoms with E-state index in [2.05, 4.69) is 19.6 Å². The number of hydrogen-bond acceptors (Lipinski definition) is 3. The molecule has 0 N–H and O–H groups in total. The van der Waals surface area contributed by atoms with Crippen LogP contribution in [0.25, 0.3) is 0 Å². The maximum Gasteiger partial charge on any atom is 0.255 e. The van der Waals surface area contributed by atoms with Crippen molar-refractivity contribution in [3.63, 3.8) is 0 Å². The van der Waals surface area contributed by atoms with E-state index in [9.17, 15) is 9.59 Å². The van der Waals surface area contributed by atoms with E-state index in [1.807, 2.05) is 28.0 Å². The zero-order valence-electron chi connectivity index (χ0n) is 13.1. The van der Waals surface area contributed by atoms with Crippen LogP contribution >= 0.6 is 12.6 Å². The zero-order valence-corrected chi connectivity index (χ0v) is 14.0. The van der Waals surface area contributed by atoms with E-state index >= 15 is 0 Å². The Balaban J connectivity index is 1.97. The maximum atomic E-state index is 12.6. The van der Waals surface area contributed by atoms with Crippen LogP contribution in [0.3, 0.4) is 0 Å². The first-order valence-corrected chi connectivity index (χ1v) is 8.43. The SMILES string of the molecule is CCCCC(=O)N1CCCN(C(=O)c2ccccc2S)CC1. The van der Waals surface area contributed by atoms with Crippen molar-refractivity contribution in [3.8, 4) is 0 Å². The van der Waals surface area contributed by atoms with Gasteiger partial charge in [-0.1, -0.05) is 25.5 Å². The molecule has 1 aromatic carbocycles. The van der Waals surface area contributed by atoms with Crippen LogP contribution in [-0.4, -0.2) is 47.8 Å². The van der Waals surface area contributed by atoms with Crippen molar-refractivity contribution in [2.75, 3.05) is 26.2 Å². The highest BCUT2D eigenvalue weighted by molar-refractivity contribution is 7.80. The number of thiol groups is 1. The molecule has 5 heteroatoms. The molecule has 1 saturated heterocycles. The van der Waals surface area contributed by atoms with Crippen LogP contribution in [0.4, 0.5) is 0 Å². The maximum absolute atomic E-state index is 12.6. The van der Waals surface area contributed by atoms with Crippen molar-refractivity contribution in [1.82, 2.24) is 9.80 Å². The molecule has 0 aliphatic carbocycles. The Kier molecular flexibility index (Phi) is 6.31. The second-order valence-corrected chi connectivity index (χ2v) is 6.13. The molecular formula is C17H24N2O2S. The Morgan fingerprint density at radius 2 is 1.77 bits per heavy atom. The summed E-state index contributed by atoms with van der Waals surface area (Å²) >= 11 is 4.36. The normalized spacial score (nSPS) is 15.5. The third-order valence-electron chi connectivity index (χ3n) is 4.01. The molecule has 0 radical (unpaired) electrons. The molecule has 0 aromatic heterocycles. The fraction of sp³-hybridized carbons (Fsp3) is 0.529. The summed E-state index contributed by atoms with van der Waals surface area (Å²) in [6.07, 6.45) is 3.41. The van der Waals surface area contributed by atoms with Crippen molar-refractivity contribution in [2.24, 2.45) is 0 Å². The Morgan fingerprint density at radius 3 is 2.50 bits per heavy atom. The lowest BCUT2D eigenvalue weighted by atomic mass is 10.2. The lowest BCUT2D eigenvalue weighted by molar-refractivity contribution is -0.131. The summed E-state index contributed by atoms with van der Waals surface area (Å²) in [5.41, 5.74) is 0.636. The van der Waals surface area contributed by atoms with Gasteiger partial charge in [0.15, 0.2) is 0 Å². The standard InChI is InChI=1S/C17H24N2O2S/c1-2-3-9-16(20)18-10-6-11-19(13-12-18)17(21)14-7-4-5-8-15(14)22/h4-5,7-8,22H,2-3,6,9-13H2,1H3. The molecule has 0 atom stereocenters. The summed E-state index contributed by atoms with van der Waals surface area (Å²) in [5.74, 6) is 0.221. The second kappa shape index (κ2) is 8.22. The molecule has 120 valence electrons. The van der Waals surface area contributed by atoms with Crippen molar-refractivity contribution in [3.05, 3.63) is 29.8 Å². The Bertz CT molecular complexity index is 533. The molecule has 1 heterocycles. The van der Waals surface area contributed by atoms with Gasteiger partial charge in [-0.15, -0.1) is 12.6 Å². The lowest BCUT2D eigenvalue weighted by Crippen LogP contribution is -2.37. The van der Waals surface area contributed by atoms with Crippen molar-refractivity contribution in [2.45, 2.75) is 37.5 Å². The molecule has 1 fully saturated rings. The quantitative estimate of drug-likeness (QED) is 0.867. The first-order valence-electron chi connectivity index (χ1n) is 7.98. The van der Waals surface area contributed by atoms with E-state index in [0.717, 1.165) is 25.8 Å². The van der Waals surface area contributed by atoms with E-state index in [0.29, 0.717) is 36.5 Å². The van der Waals surface area contributed by atoms with Gasteiger partial charge in [0.05, 0.1) is 5.56 Å². The molecule has 22 heavy (non-hydrogen) atoms. The van der Waals surface area contributed by atoms with Crippen LogP contribution < -0.4 is 0 Å². The van der Waals surface area contributed by atoms with Gasteiger partial charge in [0.25, 0.3) is 5.91 Å². The van der Waals surface area contributed by atoms with Crippen molar-refractivity contribution in [1.29, 1.82) is 0 Å². The number of benzene rings is 1. The number of carbonyl (C=O) groups is 2. The number of rotatable bonds is 4. The van der Waals surface area contributed by atoms with Gasteiger partial charge in [-0.2, -0.15) is 0 Å². The third-order valence-corrected chi connectivity index (χ3v) is 4.40. The zero-order chi connectivity index (χ0) is 15.9. The van der Waals surface area contributed by atoms with Crippen LogP contribution in [0.1, 0.15) is 43.0 Å². The molecule has 1 aromatic rings. The monoisotopic (exact) mass is 320 g/mol. The molecule has 0 spiro atoms. The summed E-state index contributed by atoms with van der Waals surface area (Å²) in [4.78, 5) is 29.2. The van der Waals surface area contributed by atoms with Gasteiger partial charge >= 0.3 is 0 Å². The summed E-state index contributed by atoms with van der Waals surface area (Å²) in [6, 6.07) is 7.36. The minimum Gasteiger partial charge on any atom is -0.341 e. The molecule has 1 aliphatic heterocycles. The second-order valence-electron chi connectivity index (χ2n) is 5.65. The largest absolute Gasteiger partial charge is 0.341 e. The minimum absolute atomic E-state index is 0.00783. The van der Waals surface area contributed by atoms with Gasteiger partial charge in [-0.3, -0.25) is 9.59 Å². The average Bonchev–Trinajstić information content (AvgIpc) is 2.78. The van der Waals surface area contributed by atoms with Gasteiger partial charge in [0, 0.05) is 37.5 Å². The van der Waals surface area contributed by atoms with Crippen LogP contribution in [0, 0.1) is 0 Å². The van der Waals surface area contributed by atoms with Crippen LogP contribution in [-0.2, 0) is 4.79 Å². The summed E-state index contributed by atoms with van der Waals surface area (Å²) in [6.45, 7) is 4.75. The van der Waals surface area contributed by atoms with Gasteiger partial charge < -0.3 is 9.80 Å². The van der Waals surface area contributed by atoms with Gasteiger partial charge in [-0.25, -0.2) is 0 Å². The predicted octanol–water partition coefficient (Wildman–Crippen LogP) is 2.84. The lowest BCUT2D eigenvalue weighted by Gasteiger charge is -2.22. The fourth-order valence-corrected chi connectivity index (χ4v) is 2.94. The van der Waals surface area contributed by atoms with Crippen molar-refractivity contribution >= 4 is 24.4 Å². The Labute approximate surface area is 137 Å². The highest BCUT2D eigenvalue weighted by Crippen LogP contribution is 2.17. The van der Waals surface area contributed by atoms with E-state index in [1.165, 1.54) is 0 Å². The van der Waals surface area contributed by atoms with E-state index in [4.69, 9.17) is 0 Å². The average molecular weight is 320 g/mol. The molecule has 2 rings (SSSR count). The number of hydrogen-bond donors (Lipinski definition) is 1. The van der Waals surface area contributed by atoms with Crippen LogP contribution in [0.15, 0.2) is 29.2 Å². The molecular weight excluding hydrogens is 296 g/mol. The Morgan fingerprint density at radius 1 is 1.09 bits per heavy atom. The van der Waals surface area contributed by atoms with Gasteiger partial charge in [0.2, 0.25) is 5.91 Å². The Hall–Kier alpha value is -1.49. The number of amides is 2. The first-order chi connectivity index (χ1) is 10.6. The number of unbranched alkanes of at least 4 members (excludes halogenated alkanes) is 1. The van der Waals surface area contributed by atoms with Gasteiger partial charge in [-0.05, 0) is 25.0 Å². The third kappa shape index (κ3) is 4.26. The minimum atomic E-state index is 0.00783. The topological polar surface area (TPSA) is 40.6 Å². The van der Waals surface area contributed by atoms with E-state index in [-0.39, 0.29) is 11.8 Å².